The van der Waals surface area contributed by atoms with E-state index in [0.29, 0.717) is 12.8 Å². The molecule has 0 saturated carbocycles. The van der Waals surface area contributed by atoms with Gasteiger partial charge in [-0.3, -0.25) is 18.6 Å². The first-order chi connectivity index (χ1) is 23.3. The van der Waals surface area contributed by atoms with Gasteiger partial charge in [-0.2, -0.15) is 0 Å². The van der Waals surface area contributed by atoms with Crippen LogP contribution in [-0.4, -0.2) is 54.3 Å². The van der Waals surface area contributed by atoms with Gasteiger partial charge in [0.1, 0.15) is 12.7 Å². The summed E-state index contributed by atoms with van der Waals surface area (Å²) in [4.78, 5) is 33.6. The zero-order chi connectivity index (χ0) is 35.4. The minimum atomic E-state index is -4.41. The minimum absolute atomic E-state index is 0.0769. The van der Waals surface area contributed by atoms with E-state index in [4.69, 9.17) is 13.8 Å². The first kappa shape index (κ1) is 46.0. The number of rotatable bonds is 34. The number of nitrogens with one attached hydrogen (secondary N) is 1. The van der Waals surface area contributed by atoms with E-state index in [1.807, 2.05) is 0 Å². The Labute approximate surface area is 292 Å². The number of carbonyl (C=O) groups is 2. The number of phosphoric acid groups is 1. The molecule has 0 aromatic heterocycles. The highest BCUT2D eigenvalue weighted by atomic mass is 31.2. The smallest absolute Gasteiger partial charge is 0.463 e. The number of aliphatic hydroxyl groups is 1. The lowest BCUT2D eigenvalue weighted by atomic mass is 10.1. The molecule has 0 bridgehead atoms. The first-order valence-electron chi connectivity index (χ1n) is 18.6. The summed E-state index contributed by atoms with van der Waals surface area (Å²) in [6.07, 6.45) is 37.6. The third-order valence-electron chi connectivity index (χ3n) is 7.51. The molecule has 0 aliphatic rings. The monoisotopic (exact) mass is 697 g/mol. The van der Waals surface area contributed by atoms with Gasteiger partial charge in [0.05, 0.1) is 13.2 Å². The number of amides is 1. The normalized spacial score (nSPS) is 14.0. The average molecular weight is 698 g/mol. The van der Waals surface area contributed by atoms with Crippen LogP contribution in [0.1, 0.15) is 149 Å². The molecule has 0 aliphatic carbocycles. The number of allylic oxidation sites excluding steroid dienone is 8. The minimum Gasteiger partial charge on any atom is -0.463 e. The Morgan fingerprint density at radius 3 is 1.73 bits per heavy atom. The van der Waals surface area contributed by atoms with E-state index in [9.17, 15) is 24.2 Å². The molecule has 0 rings (SSSR count). The highest BCUT2D eigenvalue weighted by Crippen LogP contribution is 2.42. The molecule has 0 saturated heterocycles. The van der Waals surface area contributed by atoms with Crippen molar-refractivity contribution in [2.24, 2.45) is 0 Å². The number of hydrogen-bond acceptors (Lipinski definition) is 7. The van der Waals surface area contributed by atoms with Gasteiger partial charge in [0.25, 0.3) is 0 Å². The third-order valence-corrected chi connectivity index (χ3v) is 8.50. The molecular weight excluding hydrogens is 629 g/mol. The molecule has 0 radical (unpaired) electrons. The quantitative estimate of drug-likeness (QED) is 0.0262. The largest absolute Gasteiger partial charge is 0.472 e. The molecule has 3 N–H and O–H groups in total. The number of carbonyl (C=O) groups excluding carboxylic acids is 2. The maximum atomic E-state index is 12.0. The Kier molecular flexibility index (Phi) is 33.3. The molecule has 10 heteroatoms. The van der Waals surface area contributed by atoms with E-state index >= 15 is 0 Å². The second-order valence-electron chi connectivity index (χ2n) is 12.2. The molecule has 0 spiro atoms. The van der Waals surface area contributed by atoms with Crippen LogP contribution in [0.2, 0.25) is 0 Å². The van der Waals surface area contributed by atoms with Crippen LogP contribution < -0.4 is 5.32 Å². The highest BCUT2D eigenvalue weighted by Gasteiger charge is 2.23. The van der Waals surface area contributed by atoms with Crippen LogP contribution >= 0.6 is 7.82 Å². The SMILES string of the molecule is CCCCC/C=C\C/C=C\C/C=C\C/C=C\CCCCCC(=O)OCC(O)COP(=O)(O)OCCNC(=O)CCCCCCCCCC. The highest BCUT2D eigenvalue weighted by molar-refractivity contribution is 7.47. The first-order valence-corrected chi connectivity index (χ1v) is 20.1. The van der Waals surface area contributed by atoms with Crippen molar-refractivity contribution in [2.75, 3.05) is 26.4 Å². The molecule has 2 unspecified atom stereocenters. The van der Waals surface area contributed by atoms with Crippen LogP contribution in [0.25, 0.3) is 0 Å². The predicted molar refractivity (Wildman–Crippen MR) is 197 cm³/mol. The van der Waals surface area contributed by atoms with Gasteiger partial charge in [-0.1, -0.05) is 127 Å². The van der Waals surface area contributed by atoms with Gasteiger partial charge >= 0.3 is 13.8 Å². The van der Waals surface area contributed by atoms with Gasteiger partial charge in [-0.05, 0) is 57.8 Å². The molecular formula is C38H68NO8P. The van der Waals surface area contributed by atoms with E-state index in [0.717, 1.165) is 57.8 Å². The Morgan fingerprint density at radius 1 is 0.646 bits per heavy atom. The number of unbranched alkanes of at least 4 members (excludes halogenated alkanes) is 13. The van der Waals surface area contributed by atoms with Crippen LogP contribution in [0.4, 0.5) is 0 Å². The van der Waals surface area contributed by atoms with Crippen molar-refractivity contribution in [1.82, 2.24) is 5.32 Å². The second kappa shape index (κ2) is 34.8. The summed E-state index contributed by atoms with van der Waals surface area (Å²) in [5.74, 6) is -0.556. The van der Waals surface area contributed by atoms with E-state index in [1.54, 1.807) is 0 Å². The molecule has 0 fully saturated rings. The van der Waals surface area contributed by atoms with Gasteiger partial charge < -0.3 is 20.1 Å². The molecule has 278 valence electrons. The number of hydrogen-bond donors (Lipinski definition) is 3. The van der Waals surface area contributed by atoms with Crippen molar-refractivity contribution in [1.29, 1.82) is 0 Å². The van der Waals surface area contributed by atoms with Gasteiger partial charge in [0.2, 0.25) is 5.91 Å². The lowest BCUT2D eigenvalue weighted by molar-refractivity contribution is -0.147. The third kappa shape index (κ3) is 35.3. The topological polar surface area (TPSA) is 131 Å². The Morgan fingerprint density at radius 2 is 1.12 bits per heavy atom. The number of ether oxygens (including phenoxy) is 1. The maximum absolute atomic E-state index is 12.0. The molecule has 0 heterocycles. The van der Waals surface area contributed by atoms with Gasteiger partial charge in [0.15, 0.2) is 0 Å². The van der Waals surface area contributed by atoms with Crippen molar-refractivity contribution in [3.05, 3.63) is 48.6 Å². The molecule has 9 nitrogen and oxygen atoms in total. The fourth-order valence-corrected chi connectivity index (χ4v) is 5.41. The van der Waals surface area contributed by atoms with Gasteiger partial charge in [-0.25, -0.2) is 4.57 Å². The molecule has 1 amide bonds. The molecule has 0 aromatic rings. The lowest BCUT2D eigenvalue weighted by Gasteiger charge is -2.15. The fraction of sp³-hybridized carbons (Fsp3) is 0.737. The standard InChI is InChI=1S/C38H68NO8P/c1-3-5-7-9-11-13-14-15-16-17-18-19-20-21-22-23-25-27-29-31-38(42)45-34-36(40)35-47-48(43,44)46-33-32-39-37(41)30-28-26-24-12-10-8-6-4-2/h11,13,15-16,18-19,21-22,36,40H,3-10,12,14,17,20,23-35H2,1-2H3,(H,39,41)(H,43,44)/b13-11-,16-15-,19-18-,22-21-. The summed E-state index contributed by atoms with van der Waals surface area (Å²) in [5.41, 5.74) is 0. The number of esters is 1. The van der Waals surface area contributed by atoms with Gasteiger partial charge in [0, 0.05) is 19.4 Å². The molecule has 2 atom stereocenters. The summed E-state index contributed by atoms with van der Waals surface area (Å²) in [7, 11) is -4.41. The van der Waals surface area contributed by atoms with Crippen molar-refractivity contribution in [3.8, 4) is 0 Å². The molecule has 0 aliphatic heterocycles. The van der Waals surface area contributed by atoms with Crippen LogP contribution in [0.5, 0.6) is 0 Å². The number of aliphatic hydroxyl groups excluding tert-OH is 1. The summed E-state index contributed by atoms with van der Waals surface area (Å²) in [6.45, 7) is 3.43. The Hall–Kier alpha value is -2.03. The maximum Gasteiger partial charge on any atom is 0.472 e. The van der Waals surface area contributed by atoms with Crippen LogP contribution in [0.3, 0.4) is 0 Å². The Balaban J connectivity index is 3.71. The zero-order valence-electron chi connectivity index (χ0n) is 30.2. The zero-order valence-corrected chi connectivity index (χ0v) is 31.1. The van der Waals surface area contributed by atoms with E-state index in [2.05, 4.69) is 67.8 Å². The summed E-state index contributed by atoms with van der Waals surface area (Å²) >= 11 is 0. The van der Waals surface area contributed by atoms with Crippen molar-refractivity contribution in [2.45, 2.75) is 155 Å². The van der Waals surface area contributed by atoms with Crippen LogP contribution in [-0.2, 0) is 27.9 Å². The summed E-state index contributed by atoms with van der Waals surface area (Å²) in [6, 6.07) is 0. The fourth-order valence-electron chi connectivity index (χ4n) is 4.66. The molecule has 0 aromatic carbocycles. The average Bonchev–Trinajstić information content (AvgIpc) is 3.07. The summed E-state index contributed by atoms with van der Waals surface area (Å²) in [5, 5.41) is 12.6. The van der Waals surface area contributed by atoms with E-state index in [-0.39, 0.29) is 32.1 Å². The van der Waals surface area contributed by atoms with Crippen LogP contribution in [0, 0.1) is 0 Å². The second-order valence-corrected chi connectivity index (χ2v) is 13.7. The van der Waals surface area contributed by atoms with E-state index < -0.39 is 26.5 Å². The lowest BCUT2D eigenvalue weighted by Crippen LogP contribution is -2.27. The Bertz CT molecular complexity index is 934. The molecule has 48 heavy (non-hydrogen) atoms. The van der Waals surface area contributed by atoms with Crippen molar-refractivity contribution in [3.63, 3.8) is 0 Å². The van der Waals surface area contributed by atoms with E-state index in [1.165, 1.54) is 57.8 Å². The van der Waals surface area contributed by atoms with Crippen LogP contribution in [0.15, 0.2) is 48.6 Å². The van der Waals surface area contributed by atoms with Crippen molar-refractivity contribution >= 4 is 19.7 Å². The summed E-state index contributed by atoms with van der Waals surface area (Å²) < 4.78 is 26.7. The van der Waals surface area contributed by atoms with Gasteiger partial charge in [-0.15, -0.1) is 0 Å². The van der Waals surface area contributed by atoms with Crippen molar-refractivity contribution < 1.29 is 37.9 Å². The predicted octanol–water partition coefficient (Wildman–Crippen LogP) is 9.60. The number of phosphoric ester groups is 1.